The van der Waals surface area contributed by atoms with Crippen LogP contribution in [0.15, 0.2) is 36.4 Å². The minimum atomic E-state index is -0.501. The molecule has 1 heterocycles. The van der Waals surface area contributed by atoms with Gasteiger partial charge in [-0.1, -0.05) is 12.1 Å². The Morgan fingerprint density at radius 1 is 1.25 bits per heavy atom. The Morgan fingerprint density at radius 2 is 1.95 bits per heavy atom. The number of ether oxygens (including phenoxy) is 1. The van der Waals surface area contributed by atoms with E-state index in [4.69, 9.17) is 16.2 Å². The lowest BCUT2D eigenvalue weighted by atomic mass is 10.1. The summed E-state index contributed by atoms with van der Waals surface area (Å²) < 4.78 is 5.63. The highest BCUT2D eigenvalue weighted by molar-refractivity contribution is 5.93. The number of hydrogen-bond donors (Lipinski definition) is 2. The number of carbonyl (C=O) groups excluding carboxylic acids is 1. The normalized spacial score (nSPS) is 10.3. The number of benzene rings is 1. The summed E-state index contributed by atoms with van der Waals surface area (Å²) in [5.41, 5.74) is 13.0. The first kappa shape index (κ1) is 14.0. The summed E-state index contributed by atoms with van der Waals surface area (Å²) in [4.78, 5) is 15.4. The van der Waals surface area contributed by atoms with Crippen molar-refractivity contribution >= 4 is 5.91 Å². The number of amides is 1. The van der Waals surface area contributed by atoms with Crippen LogP contribution in [-0.2, 0) is 6.42 Å². The first-order valence-corrected chi connectivity index (χ1v) is 6.34. The second-order valence-corrected chi connectivity index (χ2v) is 4.48. The monoisotopic (exact) mass is 271 g/mol. The van der Waals surface area contributed by atoms with E-state index in [2.05, 4.69) is 4.98 Å². The van der Waals surface area contributed by atoms with E-state index in [1.54, 1.807) is 13.0 Å². The number of nitrogens with two attached hydrogens (primary N) is 2. The quantitative estimate of drug-likeness (QED) is 0.867. The zero-order valence-corrected chi connectivity index (χ0v) is 11.3. The molecular weight excluding hydrogens is 254 g/mol. The van der Waals surface area contributed by atoms with Crippen LogP contribution in [0.25, 0.3) is 0 Å². The van der Waals surface area contributed by atoms with Crippen molar-refractivity contribution < 1.29 is 9.53 Å². The zero-order chi connectivity index (χ0) is 14.5. The number of hydrogen-bond acceptors (Lipinski definition) is 4. The fourth-order valence-corrected chi connectivity index (χ4v) is 1.84. The van der Waals surface area contributed by atoms with E-state index in [1.165, 1.54) is 6.07 Å². The molecule has 0 saturated heterocycles. The standard InChI is InChI=1S/C15H17N3O2/c1-10-8-12(15(17)19)9-14(18-10)20-13-4-2-11(3-5-13)6-7-16/h2-5,8-9H,6-7,16H2,1H3,(H2,17,19). The molecule has 1 aromatic carbocycles. The SMILES string of the molecule is Cc1cc(C(N)=O)cc(Oc2ccc(CCN)cc2)n1. The number of carbonyl (C=O) groups is 1. The van der Waals surface area contributed by atoms with Crippen molar-refractivity contribution in [3.8, 4) is 11.6 Å². The molecule has 0 aliphatic heterocycles. The van der Waals surface area contributed by atoms with E-state index in [1.807, 2.05) is 24.3 Å². The van der Waals surface area contributed by atoms with Crippen LogP contribution in [0, 0.1) is 6.92 Å². The third-order valence-electron chi connectivity index (χ3n) is 2.79. The first-order valence-electron chi connectivity index (χ1n) is 6.34. The Morgan fingerprint density at radius 3 is 2.55 bits per heavy atom. The lowest BCUT2D eigenvalue weighted by molar-refractivity contribution is 0.0999. The molecule has 0 saturated carbocycles. The fraction of sp³-hybridized carbons (Fsp3) is 0.200. The van der Waals surface area contributed by atoms with Gasteiger partial charge in [0.25, 0.3) is 0 Å². The Kier molecular flexibility index (Phi) is 4.32. The van der Waals surface area contributed by atoms with Gasteiger partial charge in [0.1, 0.15) is 5.75 Å². The van der Waals surface area contributed by atoms with Crippen LogP contribution in [0.1, 0.15) is 21.6 Å². The molecule has 1 amide bonds. The molecule has 2 rings (SSSR count). The van der Waals surface area contributed by atoms with Gasteiger partial charge in [0.2, 0.25) is 11.8 Å². The highest BCUT2D eigenvalue weighted by Crippen LogP contribution is 2.21. The number of aromatic nitrogens is 1. The van der Waals surface area contributed by atoms with Crippen LogP contribution in [0.4, 0.5) is 0 Å². The molecule has 0 aliphatic carbocycles. The highest BCUT2D eigenvalue weighted by atomic mass is 16.5. The molecule has 0 atom stereocenters. The van der Waals surface area contributed by atoms with Gasteiger partial charge in [-0.15, -0.1) is 0 Å². The van der Waals surface area contributed by atoms with Crippen molar-refractivity contribution in [2.24, 2.45) is 11.5 Å². The Labute approximate surface area is 117 Å². The van der Waals surface area contributed by atoms with Gasteiger partial charge in [0.15, 0.2) is 0 Å². The molecule has 4 N–H and O–H groups in total. The lowest BCUT2D eigenvalue weighted by Crippen LogP contribution is -2.11. The summed E-state index contributed by atoms with van der Waals surface area (Å²) in [6.45, 7) is 2.39. The van der Waals surface area contributed by atoms with E-state index < -0.39 is 5.91 Å². The zero-order valence-electron chi connectivity index (χ0n) is 11.3. The smallest absolute Gasteiger partial charge is 0.248 e. The van der Waals surface area contributed by atoms with Gasteiger partial charge in [-0.25, -0.2) is 4.98 Å². The van der Waals surface area contributed by atoms with E-state index >= 15 is 0 Å². The van der Waals surface area contributed by atoms with Crippen LogP contribution < -0.4 is 16.2 Å². The van der Waals surface area contributed by atoms with Gasteiger partial charge in [-0.05, 0) is 43.7 Å². The molecule has 0 unspecified atom stereocenters. The second kappa shape index (κ2) is 6.16. The fourth-order valence-electron chi connectivity index (χ4n) is 1.84. The minimum absolute atomic E-state index is 0.352. The average Bonchev–Trinajstić information content (AvgIpc) is 2.40. The topological polar surface area (TPSA) is 91.2 Å². The van der Waals surface area contributed by atoms with E-state index in [-0.39, 0.29) is 0 Å². The highest BCUT2D eigenvalue weighted by Gasteiger charge is 2.06. The van der Waals surface area contributed by atoms with Crippen molar-refractivity contribution in [2.75, 3.05) is 6.54 Å². The predicted octanol–water partition coefficient (Wildman–Crippen LogP) is 1.78. The summed E-state index contributed by atoms with van der Waals surface area (Å²) >= 11 is 0. The minimum Gasteiger partial charge on any atom is -0.439 e. The van der Waals surface area contributed by atoms with Crippen molar-refractivity contribution in [1.82, 2.24) is 4.98 Å². The molecular formula is C15H17N3O2. The molecule has 104 valence electrons. The van der Waals surface area contributed by atoms with Crippen LogP contribution in [0.3, 0.4) is 0 Å². The van der Waals surface area contributed by atoms with E-state index in [0.29, 0.717) is 29.4 Å². The maximum Gasteiger partial charge on any atom is 0.248 e. The van der Waals surface area contributed by atoms with Crippen LogP contribution >= 0.6 is 0 Å². The first-order chi connectivity index (χ1) is 9.58. The van der Waals surface area contributed by atoms with Crippen molar-refractivity contribution in [3.63, 3.8) is 0 Å². The van der Waals surface area contributed by atoms with Gasteiger partial charge >= 0.3 is 0 Å². The van der Waals surface area contributed by atoms with Crippen molar-refractivity contribution in [2.45, 2.75) is 13.3 Å². The van der Waals surface area contributed by atoms with Crippen LogP contribution in [0.5, 0.6) is 11.6 Å². The van der Waals surface area contributed by atoms with Crippen LogP contribution in [0.2, 0.25) is 0 Å². The Hall–Kier alpha value is -2.40. The summed E-state index contributed by atoms with van der Waals surface area (Å²) in [5.74, 6) is 0.503. The number of primary amides is 1. The summed E-state index contributed by atoms with van der Waals surface area (Å²) in [6, 6.07) is 10.8. The molecule has 0 spiro atoms. The number of rotatable bonds is 5. The Bertz CT molecular complexity index is 609. The molecule has 0 bridgehead atoms. The van der Waals surface area contributed by atoms with Gasteiger partial charge in [-0.3, -0.25) is 4.79 Å². The maximum absolute atomic E-state index is 11.2. The molecule has 0 radical (unpaired) electrons. The number of pyridine rings is 1. The molecule has 20 heavy (non-hydrogen) atoms. The summed E-state index contributed by atoms with van der Waals surface area (Å²) in [7, 11) is 0. The van der Waals surface area contributed by atoms with Crippen LogP contribution in [-0.4, -0.2) is 17.4 Å². The summed E-state index contributed by atoms with van der Waals surface area (Å²) in [5, 5.41) is 0. The summed E-state index contributed by atoms with van der Waals surface area (Å²) in [6.07, 6.45) is 0.828. The third kappa shape index (κ3) is 3.55. The number of nitrogens with zero attached hydrogens (tertiary/aromatic N) is 1. The lowest BCUT2D eigenvalue weighted by Gasteiger charge is -2.07. The van der Waals surface area contributed by atoms with Gasteiger partial charge < -0.3 is 16.2 Å². The molecule has 0 fully saturated rings. The van der Waals surface area contributed by atoms with Crippen molar-refractivity contribution in [3.05, 3.63) is 53.2 Å². The molecule has 5 nitrogen and oxygen atoms in total. The van der Waals surface area contributed by atoms with E-state index in [9.17, 15) is 4.79 Å². The third-order valence-corrected chi connectivity index (χ3v) is 2.79. The van der Waals surface area contributed by atoms with Gasteiger partial charge in [0, 0.05) is 17.3 Å². The largest absolute Gasteiger partial charge is 0.439 e. The molecule has 2 aromatic rings. The van der Waals surface area contributed by atoms with Gasteiger partial charge in [-0.2, -0.15) is 0 Å². The number of aryl methyl sites for hydroxylation is 1. The average molecular weight is 271 g/mol. The Balaban J connectivity index is 2.19. The molecule has 1 aromatic heterocycles. The van der Waals surface area contributed by atoms with Crippen molar-refractivity contribution in [1.29, 1.82) is 0 Å². The van der Waals surface area contributed by atoms with Gasteiger partial charge in [0.05, 0.1) is 0 Å². The second-order valence-electron chi connectivity index (χ2n) is 4.48. The molecule has 5 heteroatoms. The predicted molar refractivity (Wildman–Crippen MR) is 76.8 cm³/mol. The van der Waals surface area contributed by atoms with E-state index in [0.717, 1.165) is 12.0 Å². The molecule has 0 aliphatic rings. The maximum atomic E-state index is 11.2.